The van der Waals surface area contributed by atoms with E-state index in [1.807, 2.05) is 6.07 Å². The molecule has 1 aliphatic rings. The van der Waals surface area contributed by atoms with E-state index < -0.39 is 0 Å². The SMILES string of the molecule is CC(C)C1=c2cc(F)ccc2=IC1. The Labute approximate surface area is 87.2 Å². The molecule has 1 aliphatic heterocycles. The van der Waals surface area contributed by atoms with Gasteiger partial charge in [-0.15, -0.1) is 20.7 Å². The van der Waals surface area contributed by atoms with Gasteiger partial charge < -0.3 is 0 Å². The molecule has 0 fully saturated rings. The summed E-state index contributed by atoms with van der Waals surface area (Å²) in [6.45, 7) is 4.39. The molecule has 0 bridgehead atoms. The zero-order valence-electron chi connectivity index (χ0n) is 7.77. The maximum absolute atomic E-state index is 13.0. The van der Waals surface area contributed by atoms with Crippen LogP contribution in [0.3, 0.4) is 0 Å². The molecule has 0 spiro atoms. The molecule has 0 nitrogen and oxygen atoms in total. The van der Waals surface area contributed by atoms with Gasteiger partial charge in [0, 0.05) is 7.58 Å². The zero-order chi connectivity index (χ0) is 9.42. The molecule has 0 aliphatic carbocycles. The van der Waals surface area contributed by atoms with Crippen LogP contribution < -0.4 is 5.22 Å². The van der Waals surface area contributed by atoms with Gasteiger partial charge in [0.15, 0.2) is 0 Å². The monoisotopic (exact) mass is 290 g/mol. The average molecular weight is 290 g/mol. The van der Waals surface area contributed by atoms with Crippen LogP contribution in [0.5, 0.6) is 0 Å². The summed E-state index contributed by atoms with van der Waals surface area (Å²) in [5.74, 6) is 0.477. The van der Waals surface area contributed by atoms with Gasteiger partial charge in [-0.2, -0.15) is 0 Å². The van der Waals surface area contributed by atoms with Gasteiger partial charge in [0.1, 0.15) is 5.82 Å². The predicted molar refractivity (Wildman–Crippen MR) is 62.0 cm³/mol. The molecule has 1 heterocycles. The van der Waals surface area contributed by atoms with Crippen LogP contribution >= 0.6 is 20.7 Å². The van der Waals surface area contributed by atoms with Crippen LogP contribution in [0, 0.1) is 14.9 Å². The second kappa shape index (κ2) is 3.48. The second-order valence-electron chi connectivity index (χ2n) is 3.57. The van der Waals surface area contributed by atoms with E-state index in [9.17, 15) is 4.39 Å². The molecular weight excluding hydrogens is 278 g/mol. The van der Waals surface area contributed by atoms with E-state index in [-0.39, 0.29) is 26.5 Å². The molecule has 0 saturated carbocycles. The lowest BCUT2D eigenvalue weighted by Gasteiger charge is -2.04. The van der Waals surface area contributed by atoms with Crippen LogP contribution in [-0.2, 0) is 0 Å². The Morgan fingerprint density at radius 1 is 1.38 bits per heavy atom. The Hall–Kier alpha value is -0.250. The number of hydrogen-bond acceptors (Lipinski definition) is 0. The van der Waals surface area contributed by atoms with E-state index in [4.69, 9.17) is 0 Å². The molecule has 0 aromatic heterocycles. The van der Waals surface area contributed by atoms with Crippen LogP contribution in [0.25, 0.3) is 5.57 Å². The van der Waals surface area contributed by atoms with E-state index in [0.29, 0.717) is 5.92 Å². The standard InChI is InChI=1S/C11H12FI/c1-7(2)10-6-13-11-4-3-8(12)5-9(10)11/h3-5,7H,6H2,1-2H3. The minimum Gasteiger partial charge on any atom is -0.207 e. The van der Waals surface area contributed by atoms with Crippen molar-refractivity contribution in [2.24, 2.45) is 5.92 Å². The summed E-state index contributed by atoms with van der Waals surface area (Å²) in [6, 6.07) is 5.26. The highest BCUT2D eigenvalue weighted by Crippen LogP contribution is 2.22. The minimum absolute atomic E-state index is 0.0946. The van der Waals surface area contributed by atoms with Gasteiger partial charge in [0.2, 0.25) is 0 Å². The molecule has 0 radical (unpaired) electrons. The third-order valence-electron chi connectivity index (χ3n) is 2.33. The normalized spacial score (nSPS) is 15.2. The van der Waals surface area contributed by atoms with E-state index >= 15 is 0 Å². The molecule has 70 valence electrons. The lowest BCUT2D eigenvalue weighted by molar-refractivity contribution is 0.626. The minimum atomic E-state index is -0.0946. The van der Waals surface area contributed by atoms with Crippen LogP contribution in [-0.4, -0.2) is 4.43 Å². The van der Waals surface area contributed by atoms with Gasteiger partial charge >= 0.3 is 0 Å². The van der Waals surface area contributed by atoms with Gasteiger partial charge in [-0.05, 0) is 34.9 Å². The van der Waals surface area contributed by atoms with Gasteiger partial charge in [0.05, 0.1) is 0 Å². The van der Waals surface area contributed by atoms with E-state index in [1.54, 1.807) is 12.1 Å². The second-order valence-corrected chi connectivity index (χ2v) is 6.26. The third kappa shape index (κ3) is 1.68. The topological polar surface area (TPSA) is 0 Å². The molecule has 13 heavy (non-hydrogen) atoms. The molecule has 2 rings (SSSR count). The van der Waals surface area contributed by atoms with Crippen molar-refractivity contribution >= 4 is 26.3 Å². The van der Waals surface area contributed by atoms with Crippen LogP contribution in [0.1, 0.15) is 13.8 Å². The summed E-state index contributed by atoms with van der Waals surface area (Å²) in [5, 5.41) is 1.21. The Balaban J connectivity index is 2.75. The molecule has 2 heteroatoms. The fraction of sp³-hybridized carbons (Fsp3) is 0.364. The summed E-state index contributed by atoms with van der Waals surface area (Å²) >= 11 is 0.132. The molecule has 1 aromatic carbocycles. The first-order valence-corrected chi connectivity index (χ1v) is 7.03. The Morgan fingerprint density at radius 3 is 2.85 bits per heavy atom. The first-order chi connectivity index (χ1) is 6.18. The van der Waals surface area contributed by atoms with Crippen molar-refractivity contribution in [2.75, 3.05) is 4.43 Å². The fourth-order valence-electron chi connectivity index (χ4n) is 1.54. The summed E-state index contributed by atoms with van der Waals surface area (Å²) in [7, 11) is 0. The van der Waals surface area contributed by atoms with Crippen molar-refractivity contribution in [1.82, 2.24) is 0 Å². The number of halogens is 2. The summed E-state index contributed by atoms with van der Waals surface area (Å²) < 4.78 is 15.6. The van der Waals surface area contributed by atoms with Gasteiger partial charge in [0.25, 0.3) is 0 Å². The number of fused-ring (bicyclic) bond motifs is 1. The quantitative estimate of drug-likeness (QED) is 0.551. The number of rotatable bonds is 1. The zero-order valence-corrected chi connectivity index (χ0v) is 9.93. The summed E-state index contributed by atoms with van der Waals surface area (Å²) in [6.07, 6.45) is 0. The molecular formula is C11H12FI. The maximum atomic E-state index is 13.0. The largest absolute Gasteiger partial charge is 0.207 e. The van der Waals surface area contributed by atoms with Crippen molar-refractivity contribution in [3.8, 4) is 0 Å². The fourth-order valence-corrected chi connectivity index (χ4v) is 5.00. The highest BCUT2D eigenvalue weighted by molar-refractivity contribution is 14.2. The molecule has 1 aromatic rings. The van der Waals surface area contributed by atoms with Crippen molar-refractivity contribution in [1.29, 1.82) is 0 Å². The van der Waals surface area contributed by atoms with Crippen molar-refractivity contribution in [2.45, 2.75) is 13.8 Å². The molecule has 0 N–H and O–H groups in total. The third-order valence-corrected chi connectivity index (χ3v) is 5.29. The molecule has 0 saturated heterocycles. The lowest BCUT2D eigenvalue weighted by atomic mass is 10.0. The average Bonchev–Trinajstić information content (AvgIpc) is 2.46. The Morgan fingerprint density at radius 2 is 2.15 bits per heavy atom. The van der Waals surface area contributed by atoms with Crippen LogP contribution in [0.15, 0.2) is 18.2 Å². The van der Waals surface area contributed by atoms with Gasteiger partial charge in [-0.25, -0.2) is 4.39 Å². The van der Waals surface area contributed by atoms with Crippen molar-refractivity contribution in [3.63, 3.8) is 0 Å². The van der Waals surface area contributed by atoms with E-state index in [2.05, 4.69) is 13.8 Å². The van der Waals surface area contributed by atoms with Gasteiger partial charge in [-0.1, -0.05) is 13.8 Å². The van der Waals surface area contributed by atoms with E-state index in [0.717, 1.165) is 0 Å². The molecule has 0 unspecified atom stereocenters. The van der Waals surface area contributed by atoms with Crippen molar-refractivity contribution < 1.29 is 4.39 Å². The van der Waals surface area contributed by atoms with Crippen LogP contribution in [0.4, 0.5) is 4.39 Å². The molecule has 0 atom stereocenters. The maximum Gasteiger partial charge on any atom is 0.123 e. The summed E-state index contributed by atoms with van der Waals surface area (Å²) in [4.78, 5) is 0. The first kappa shape index (κ1) is 9.31. The number of hydrogen-bond donors (Lipinski definition) is 0. The van der Waals surface area contributed by atoms with Crippen LogP contribution in [0.2, 0.25) is 0 Å². The smallest absolute Gasteiger partial charge is 0.123 e. The number of benzene rings is 1. The van der Waals surface area contributed by atoms with Gasteiger partial charge in [-0.3, -0.25) is 0 Å². The number of alkyl halides is 1. The first-order valence-electron chi connectivity index (χ1n) is 4.43. The Kier molecular flexibility index (Phi) is 2.49. The highest BCUT2D eigenvalue weighted by Gasteiger charge is 2.09. The highest BCUT2D eigenvalue weighted by atomic mass is 127. The Bertz CT molecular complexity index is 446. The lowest BCUT2D eigenvalue weighted by Crippen LogP contribution is -2.09. The van der Waals surface area contributed by atoms with Crippen molar-refractivity contribution in [3.05, 3.63) is 32.4 Å². The van der Waals surface area contributed by atoms with E-state index in [1.165, 1.54) is 18.4 Å². The molecule has 0 amide bonds. The predicted octanol–water partition coefficient (Wildman–Crippen LogP) is 2.87. The summed E-state index contributed by atoms with van der Waals surface area (Å²) in [5.41, 5.74) is 1.46.